The lowest BCUT2D eigenvalue weighted by Gasteiger charge is -2.21. The first-order valence-corrected chi connectivity index (χ1v) is 6.48. The predicted molar refractivity (Wildman–Crippen MR) is 62.8 cm³/mol. The molecule has 2 heteroatoms. The van der Waals surface area contributed by atoms with Gasteiger partial charge >= 0.3 is 0 Å². The summed E-state index contributed by atoms with van der Waals surface area (Å²) in [6, 6.07) is 0.702. The monoisotopic (exact) mass is 211 g/mol. The highest BCUT2D eigenvalue weighted by molar-refractivity contribution is 4.88. The van der Waals surface area contributed by atoms with Gasteiger partial charge < -0.3 is 10.4 Å². The fraction of sp³-hybridized carbons (Fsp3) is 1.00. The van der Waals surface area contributed by atoms with Crippen LogP contribution in [0, 0.1) is 11.3 Å². The summed E-state index contributed by atoms with van der Waals surface area (Å²) in [5.74, 6) is 0.522. The number of rotatable bonds is 3. The van der Waals surface area contributed by atoms with Gasteiger partial charge in [-0.3, -0.25) is 0 Å². The highest BCUT2D eigenvalue weighted by Crippen LogP contribution is 2.37. The minimum absolute atomic E-state index is 0.0353. The molecule has 2 fully saturated rings. The first kappa shape index (κ1) is 11.4. The molecular formula is C13H25NO. The molecule has 0 bridgehead atoms. The third-order valence-corrected chi connectivity index (χ3v) is 4.26. The molecule has 2 nitrogen and oxygen atoms in total. The number of nitrogens with one attached hydrogen (secondary N) is 1. The van der Waals surface area contributed by atoms with E-state index in [9.17, 15) is 5.11 Å². The first-order chi connectivity index (χ1) is 7.07. The standard InChI is InChI=1S/C13H25NO/c1-13(2)7-6-11(8-13)14-9-10-4-3-5-12(10)15/h10-12,14-15H,3-9H2,1-2H3. The summed E-state index contributed by atoms with van der Waals surface area (Å²) in [7, 11) is 0. The molecule has 0 saturated heterocycles. The van der Waals surface area contributed by atoms with Gasteiger partial charge in [-0.2, -0.15) is 0 Å². The molecule has 3 unspecified atom stereocenters. The number of aliphatic hydroxyl groups is 1. The second-order valence-electron chi connectivity index (χ2n) is 6.27. The highest BCUT2D eigenvalue weighted by Gasteiger charge is 2.32. The molecule has 0 radical (unpaired) electrons. The lowest BCUT2D eigenvalue weighted by atomic mass is 9.92. The van der Waals surface area contributed by atoms with Gasteiger partial charge in [-0.1, -0.05) is 20.3 Å². The van der Waals surface area contributed by atoms with Crippen molar-refractivity contribution < 1.29 is 5.11 Å². The first-order valence-electron chi connectivity index (χ1n) is 6.48. The maximum atomic E-state index is 9.73. The largest absolute Gasteiger partial charge is 0.393 e. The van der Waals surface area contributed by atoms with Crippen molar-refractivity contribution in [3.05, 3.63) is 0 Å². The molecule has 0 aromatic carbocycles. The normalized spacial score (nSPS) is 39.8. The molecule has 15 heavy (non-hydrogen) atoms. The van der Waals surface area contributed by atoms with Gasteiger partial charge in [0.25, 0.3) is 0 Å². The third kappa shape index (κ3) is 2.94. The zero-order chi connectivity index (χ0) is 10.9. The van der Waals surface area contributed by atoms with Crippen molar-refractivity contribution >= 4 is 0 Å². The van der Waals surface area contributed by atoms with Gasteiger partial charge in [0.05, 0.1) is 6.10 Å². The molecular weight excluding hydrogens is 186 g/mol. The van der Waals surface area contributed by atoms with Gasteiger partial charge in [0.2, 0.25) is 0 Å². The molecule has 0 aromatic rings. The molecule has 2 aliphatic carbocycles. The molecule has 2 aliphatic rings. The average molecular weight is 211 g/mol. The van der Waals surface area contributed by atoms with E-state index in [2.05, 4.69) is 19.2 Å². The quantitative estimate of drug-likeness (QED) is 0.751. The summed E-state index contributed by atoms with van der Waals surface area (Å²) in [4.78, 5) is 0. The molecule has 2 saturated carbocycles. The van der Waals surface area contributed by atoms with Crippen LogP contribution in [0.2, 0.25) is 0 Å². The molecule has 88 valence electrons. The fourth-order valence-electron chi connectivity index (χ4n) is 3.18. The molecule has 3 atom stereocenters. The maximum Gasteiger partial charge on any atom is 0.0580 e. The SMILES string of the molecule is CC1(C)CCC(NCC2CCCC2O)C1. The van der Waals surface area contributed by atoms with Crippen LogP contribution >= 0.6 is 0 Å². The molecule has 2 rings (SSSR count). The zero-order valence-corrected chi connectivity index (χ0v) is 10.1. The average Bonchev–Trinajstić information content (AvgIpc) is 2.69. The van der Waals surface area contributed by atoms with Crippen LogP contribution in [0.1, 0.15) is 52.4 Å². The summed E-state index contributed by atoms with van der Waals surface area (Å²) >= 11 is 0. The predicted octanol–water partition coefficient (Wildman–Crippen LogP) is 2.32. The van der Waals surface area contributed by atoms with Crippen molar-refractivity contribution in [3.63, 3.8) is 0 Å². The van der Waals surface area contributed by atoms with Crippen molar-refractivity contribution in [1.29, 1.82) is 0 Å². The van der Waals surface area contributed by atoms with E-state index in [0.717, 1.165) is 13.0 Å². The van der Waals surface area contributed by atoms with Crippen LogP contribution in [0.3, 0.4) is 0 Å². The lowest BCUT2D eigenvalue weighted by molar-refractivity contribution is 0.129. The van der Waals surface area contributed by atoms with Crippen LogP contribution in [-0.4, -0.2) is 23.8 Å². The van der Waals surface area contributed by atoms with Crippen LogP contribution in [0.15, 0.2) is 0 Å². The van der Waals surface area contributed by atoms with E-state index in [1.165, 1.54) is 32.1 Å². The Morgan fingerprint density at radius 2 is 2.07 bits per heavy atom. The summed E-state index contributed by atoms with van der Waals surface area (Å²) in [6.07, 6.45) is 7.37. The topological polar surface area (TPSA) is 32.3 Å². The smallest absolute Gasteiger partial charge is 0.0580 e. The highest BCUT2D eigenvalue weighted by atomic mass is 16.3. The Morgan fingerprint density at radius 3 is 2.60 bits per heavy atom. The van der Waals surface area contributed by atoms with Gasteiger partial charge in [-0.15, -0.1) is 0 Å². The van der Waals surface area contributed by atoms with E-state index in [-0.39, 0.29) is 6.10 Å². The van der Waals surface area contributed by atoms with Gasteiger partial charge in [-0.05, 0) is 43.4 Å². The van der Waals surface area contributed by atoms with Crippen LogP contribution in [0.25, 0.3) is 0 Å². The van der Waals surface area contributed by atoms with Crippen molar-refractivity contribution in [2.24, 2.45) is 11.3 Å². The second-order valence-corrected chi connectivity index (χ2v) is 6.27. The van der Waals surface area contributed by atoms with Gasteiger partial charge in [0.15, 0.2) is 0 Å². The van der Waals surface area contributed by atoms with Gasteiger partial charge in [-0.25, -0.2) is 0 Å². The second kappa shape index (κ2) is 4.42. The van der Waals surface area contributed by atoms with Crippen molar-refractivity contribution in [3.8, 4) is 0 Å². The minimum Gasteiger partial charge on any atom is -0.393 e. The van der Waals surface area contributed by atoms with Crippen LogP contribution in [-0.2, 0) is 0 Å². The van der Waals surface area contributed by atoms with Gasteiger partial charge in [0.1, 0.15) is 0 Å². The molecule has 0 amide bonds. The summed E-state index contributed by atoms with van der Waals surface area (Å²) in [6.45, 7) is 5.75. The van der Waals surface area contributed by atoms with Gasteiger partial charge in [0, 0.05) is 12.6 Å². The molecule has 0 aromatic heterocycles. The molecule has 0 aliphatic heterocycles. The van der Waals surface area contributed by atoms with E-state index >= 15 is 0 Å². The van der Waals surface area contributed by atoms with E-state index in [0.29, 0.717) is 17.4 Å². The molecule has 2 N–H and O–H groups in total. The Morgan fingerprint density at radius 1 is 1.27 bits per heavy atom. The van der Waals surface area contributed by atoms with Crippen molar-refractivity contribution in [2.45, 2.75) is 64.5 Å². The third-order valence-electron chi connectivity index (χ3n) is 4.26. The number of hydrogen-bond acceptors (Lipinski definition) is 2. The zero-order valence-electron chi connectivity index (χ0n) is 10.1. The summed E-state index contributed by atoms with van der Waals surface area (Å²) in [5, 5.41) is 13.4. The van der Waals surface area contributed by atoms with Crippen LogP contribution in [0.5, 0.6) is 0 Å². The Balaban J connectivity index is 1.70. The lowest BCUT2D eigenvalue weighted by Crippen LogP contribution is -2.34. The number of aliphatic hydroxyl groups excluding tert-OH is 1. The van der Waals surface area contributed by atoms with E-state index < -0.39 is 0 Å². The van der Waals surface area contributed by atoms with E-state index in [1.807, 2.05) is 0 Å². The fourth-order valence-corrected chi connectivity index (χ4v) is 3.18. The Hall–Kier alpha value is -0.0800. The molecule has 0 heterocycles. The van der Waals surface area contributed by atoms with Crippen molar-refractivity contribution in [1.82, 2.24) is 5.32 Å². The molecule has 0 spiro atoms. The maximum absolute atomic E-state index is 9.73. The van der Waals surface area contributed by atoms with Crippen LogP contribution < -0.4 is 5.32 Å². The Bertz CT molecular complexity index is 215. The van der Waals surface area contributed by atoms with Crippen molar-refractivity contribution in [2.75, 3.05) is 6.54 Å². The summed E-state index contributed by atoms with van der Waals surface area (Å²) < 4.78 is 0. The van der Waals surface area contributed by atoms with E-state index in [1.54, 1.807) is 0 Å². The summed E-state index contributed by atoms with van der Waals surface area (Å²) in [5.41, 5.74) is 0.534. The Kier molecular flexibility index (Phi) is 3.36. The number of hydrogen-bond donors (Lipinski definition) is 2. The Labute approximate surface area is 93.5 Å². The minimum atomic E-state index is -0.0353. The van der Waals surface area contributed by atoms with E-state index in [4.69, 9.17) is 0 Å². The van der Waals surface area contributed by atoms with Crippen LogP contribution in [0.4, 0.5) is 0 Å².